The Morgan fingerprint density at radius 3 is 2.38 bits per heavy atom. The largest absolute Gasteiger partial charge is 0.457 e. The molecule has 2 N–H and O–H groups in total. The molecule has 2 aromatic rings. The summed E-state index contributed by atoms with van der Waals surface area (Å²) in [6.07, 6.45) is 0. The predicted molar refractivity (Wildman–Crippen MR) is 80.8 cm³/mol. The number of nitrogens with one attached hydrogen (secondary N) is 2. The fourth-order valence-corrected chi connectivity index (χ4v) is 2.12. The van der Waals surface area contributed by atoms with Crippen molar-refractivity contribution in [3.05, 3.63) is 59.5 Å². The van der Waals surface area contributed by atoms with Crippen LogP contribution in [0.25, 0.3) is 0 Å². The monoisotopic (exact) mass is 303 g/mol. The average molecular weight is 303 g/mol. The molecule has 0 spiro atoms. The summed E-state index contributed by atoms with van der Waals surface area (Å²) in [4.78, 5) is 21.7. The van der Waals surface area contributed by atoms with Gasteiger partial charge in [-0.15, -0.1) is 4.91 Å². The normalized spacial score (nSPS) is 9.90. The summed E-state index contributed by atoms with van der Waals surface area (Å²) in [5, 5.41) is 2.30. The minimum atomic E-state index is -0.485. The van der Waals surface area contributed by atoms with Crippen molar-refractivity contribution in [2.45, 2.75) is 4.90 Å². The molecule has 2 rings (SSSR count). The predicted octanol–water partition coefficient (Wildman–Crippen LogP) is 2.87. The van der Waals surface area contributed by atoms with Gasteiger partial charge in [0.2, 0.25) is 0 Å². The fraction of sp³-hybridized carbons (Fsp3) is 0.0714. The summed E-state index contributed by atoms with van der Waals surface area (Å²) in [5.41, 5.74) is 1.80. The Morgan fingerprint density at radius 2 is 1.71 bits per heavy atom. The van der Waals surface area contributed by atoms with Crippen LogP contribution in [0.2, 0.25) is 0 Å². The van der Waals surface area contributed by atoms with E-state index in [1.807, 2.05) is 54.6 Å². The van der Waals surface area contributed by atoms with Crippen molar-refractivity contribution in [1.29, 1.82) is 0 Å². The Morgan fingerprint density at radius 1 is 1.05 bits per heavy atom. The van der Waals surface area contributed by atoms with E-state index in [1.54, 1.807) is 5.43 Å². The van der Waals surface area contributed by atoms with Gasteiger partial charge < -0.3 is 4.74 Å². The number of carbonyl (C=O) groups is 1. The number of ether oxygens (including phenoxy) is 1. The molecule has 0 atom stereocenters. The minimum absolute atomic E-state index is 0.00132. The molecular formula is C14H13N3O3S. The summed E-state index contributed by atoms with van der Waals surface area (Å²) >= 11 is 1.28. The highest BCUT2D eigenvalue weighted by Gasteiger charge is 2.01. The number of hydrogen-bond acceptors (Lipinski definition) is 6. The number of carbonyl (C=O) groups excluding carboxylic acids is 1. The zero-order valence-electron chi connectivity index (χ0n) is 11.0. The lowest BCUT2D eigenvalue weighted by Crippen LogP contribution is -2.26. The van der Waals surface area contributed by atoms with Crippen molar-refractivity contribution in [2.75, 3.05) is 6.54 Å². The van der Waals surface area contributed by atoms with E-state index < -0.39 is 5.91 Å². The van der Waals surface area contributed by atoms with E-state index in [-0.39, 0.29) is 6.54 Å². The molecule has 0 aliphatic carbocycles. The average Bonchev–Trinajstić information content (AvgIpc) is 2.50. The Kier molecular flexibility index (Phi) is 5.74. The second-order valence-corrected chi connectivity index (χ2v) is 4.90. The molecule has 0 aromatic heterocycles. The van der Waals surface area contributed by atoms with E-state index in [0.29, 0.717) is 0 Å². The number of para-hydroxylation sites is 1. The summed E-state index contributed by atoms with van der Waals surface area (Å²) in [7, 11) is 0. The lowest BCUT2D eigenvalue weighted by molar-refractivity contribution is -0.119. The summed E-state index contributed by atoms with van der Waals surface area (Å²) in [6, 6.07) is 16.9. The molecule has 0 aliphatic heterocycles. The van der Waals surface area contributed by atoms with E-state index in [0.717, 1.165) is 16.4 Å². The van der Waals surface area contributed by atoms with Crippen LogP contribution in [0.1, 0.15) is 0 Å². The molecule has 0 fully saturated rings. The van der Waals surface area contributed by atoms with Gasteiger partial charge in [-0.25, -0.2) is 5.43 Å². The molecule has 0 radical (unpaired) electrons. The van der Waals surface area contributed by atoms with Gasteiger partial charge in [0.1, 0.15) is 11.5 Å². The molecule has 0 saturated carbocycles. The minimum Gasteiger partial charge on any atom is -0.457 e. The number of amides is 1. The lowest BCUT2D eigenvalue weighted by atomic mass is 10.3. The van der Waals surface area contributed by atoms with Crippen LogP contribution in [0.15, 0.2) is 64.8 Å². The maximum Gasteiger partial charge on any atom is 0.257 e. The van der Waals surface area contributed by atoms with Gasteiger partial charge in [-0.2, -0.15) is 0 Å². The number of nitrogens with zero attached hydrogens (tertiary/aromatic N) is 1. The molecular weight excluding hydrogens is 290 g/mol. The molecule has 0 saturated heterocycles. The second-order valence-electron chi connectivity index (χ2n) is 3.94. The first-order chi connectivity index (χ1) is 10.3. The van der Waals surface area contributed by atoms with Crippen molar-refractivity contribution < 1.29 is 9.53 Å². The van der Waals surface area contributed by atoms with E-state index in [4.69, 9.17) is 4.74 Å². The maximum absolute atomic E-state index is 11.0. The standard InChI is InChI=1S/C14H13N3O3S/c18-14(16-17-19)10-15-21-13-8-6-12(7-9-13)20-11-4-2-1-3-5-11/h1-9,15H,10H2,(H,16,18,19). The van der Waals surface area contributed by atoms with E-state index >= 15 is 0 Å². The molecule has 7 heteroatoms. The van der Waals surface area contributed by atoms with Crippen LogP contribution in [-0.4, -0.2) is 12.5 Å². The van der Waals surface area contributed by atoms with E-state index in [2.05, 4.69) is 10.0 Å². The van der Waals surface area contributed by atoms with Gasteiger partial charge in [-0.1, -0.05) is 18.2 Å². The van der Waals surface area contributed by atoms with Gasteiger partial charge in [0.25, 0.3) is 5.91 Å². The molecule has 108 valence electrons. The smallest absolute Gasteiger partial charge is 0.257 e. The third-order valence-corrected chi connectivity index (χ3v) is 3.19. The Labute approximate surface area is 126 Å². The number of nitroso groups, excluding NO2 is 1. The van der Waals surface area contributed by atoms with Crippen molar-refractivity contribution in [2.24, 2.45) is 5.29 Å². The SMILES string of the molecule is O=NNC(=O)CNSc1ccc(Oc2ccccc2)cc1. The molecule has 21 heavy (non-hydrogen) atoms. The molecule has 0 aliphatic rings. The zero-order valence-corrected chi connectivity index (χ0v) is 11.8. The Balaban J connectivity index is 1.82. The lowest BCUT2D eigenvalue weighted by Gasteiger charge is -2.06. The fourth-order valence-electron chi connectivity index (χ4n) is 1.48. The number of hydrogen-bond donors (Lipinski definition) is 2. The number of benzene rings is 2. The Bertz CT molecular complexity index is 590. The van der Waals surface area contributed by atoms with Crippen molar-refractivity contribution in [3.8, 4) is 11.5 Å². The molecule has 0 unspecified atom stereocenters. The second kappa shape index (κ2) is 8.03. The summed E-state index contributed by atoms with van der Waals surface area (Å²) < 4.78 is 8.49. The van der Waals surface area contributed by atoms with E-state index in [1.165, 1.54) is 11.9 Å². The van der Waals surface area contributed by atoms with Crippen LogP contribution in [0.5, 0.6) is 11.5 Å². The van der Waals surface area contributed by atoms with Gasteiger partial charge in [-0.05, 0) is 48.3 Å². The van der Waals surface area contributed by atoms with Crippen molar-refractivity contribution >= 4 is 17.9 Å². The van der Waals surface area contributed by atoms with E-state index in [9.17, 15) is 9.70 Å². The highest BCUT2D eigenvalue weighted by atomic mass is 32.2. The third-order valence-electron chi connectivity index (χ3n) is 2.40. The molecule has 0 bridgehead atoms. The van der Waals surface area contributed by atoms with Crippen LogP contribution in [0, 0.1) is 4.91 Å². The molecule has 0 heterocycles. The molecule has 2 aromatic carbocycles. The maximum atomic E-state index is 11.0. The summed E-state index contributed by atoms with van der Waals surface area (Å²) in [6.45, 7) is -0.00132. The van der Waals surface area contributed by atoms with Gasteiger partial charge in [0.15, 0.2) is 0 Å². The van der Waals surface area contributed by atoms with Crippen LogP contribution in [0.4, 0.5) is 0 Å². The molecule has 6 nitrogen and oxygen atoms in total. The third kappa shape index (κ3) is 5.25. The highest BCUT2D eigenvalue weighted by molar-refractivity contribution is 7.97. The Hall–Kier alpha value is -2.38. The van der Waals surface area contributed by atoms with Crippen LogP contribution >= 0.6 is 11.9 Å². The van der Waals surface area contributed by atoms with Gasteiger partial charge in [-0.3, -0.25) is 9.52 Å². The van der Waals surface area contributed by atoms with Crippen molar-refractivity contribution in [3.63, 3.8) is 0 Å². The topological polar surface area (TPSA) is 79.8 Å². The first kappa shape index (κ1) is 15.0. The van der Waals surface area contributed by atoms with Crippen LogP contribution in [-0.2, 0) is 4.79 Å². The first-order valence-corrected chi connectivity index (χ1v) is 6.93. The number of rotatable bonds is 7. The van der Waals surface area contributed by atoms with Crippen molar-refractivity contribution in [1.82, 2.24) is 10.1 Å². The van der Waals surface area contributed by atoms with Crippen LogP contribution < -0.4 is 14.9 Å². The summed E-state index contributed by atoms with van der Waals surface area (Å²) in [5.74, 6) is 1.02. The zero-order chi connectivity index (χ0) is 14.9. The first-order valence-electron chi connectivity index (χ1n) is 6.12. The quantitative estimate of drug-likeness (QED) is 0.467. The van der Waals surface area contributed by atoms with Gasteiger partial charge >= 0.3 is 0 Å². The van der Waals surface area contributed by atoms with Crippen LogP contribution in [0.3, 0.4) is 0 Å². The highest BCUT2D eigenvalue weighted by Crippen LogP contribution is 2.23. The van der Waals surface area contributed by atoms with Gasteiger partial charge in [0.05, 0.1) is 11.8 Å². The molecule has 1 amide bonds. The van der Waals surface area contributed by atoms with Gasteiger partial charge in [0, 0.05) is 4.90 Å².